The lowest BCUT2D eigenvalue weighted by Gasteiger charge is -2.12. The van der Waals surface area contributed by atoms with Crippen molar-refractivity contribution >= 4 is 11.3 Å². The van der Waals surface area contributed by atoms with E-state index in [2.05, 4.69) is 31.0 Å². The van der Waals surface area contributed by atoms with Gasteiger partial charge in [0, 0.05) is 18.4 Å². The zero-order valence-electron chi connectivity index (χ0n) is 10.3. The van der Waals surface area contributed by atoms with Gasteiger partial charge in [-0.1, -0.05) is 20.8 Å². The summed E-state index contributed by atoms with van der Waals surface area (Å²) in [7, 11) is 0. The molecule has 1 aromatic heterocycles. The van der Waals surface area contributed by atoms with Crippen LogP contribution in [0.4, 0.5) is 0 Å². The molecule has 16 heavy (non-hydrogen) atoms. The molecular formula is C12H20N2OS. The topological polar surface area (TPSA) is 35.0 Å². The summed E-state index contributed by atoms with van der Waals surface area (Å²) in [5, 5.41) is 10.8. The van der Waals surface area contributed by atoms with Crippen molar-refractivity contribution in [1.82, 2.24) is 10.2 Å². The lowest BCUT2D eigenvalue weighted by Crippen LogP contribution is -2.10. The molecule has 0 spiro atoms. The quantitative estimate of drug-likeness (QED) is 0.814. The standard InChI is InChI=1S/C12H20N2OS/c1-12(2,3)11-14-13-10(16-11)7-6-9-5-4-8-15-9/h9H,4-8H2,1-3H3. The summed E-state index contributed by atoms with van der Waals surface area (Å²) in [6.07, 6.45) is 5.00. The molecule has 1 fully saturated rings. The van der Waals surface area contributed by atoms with Crippen molar-refractivity contribution in [3.63, 3.8) is 0 Å². The minimum atomic E-state index is 0.125. The third-order valence-electron chi connectivity index (χ3n) is 2.81. The van der Waals surface area contributed by atoms with Crippen LogP contribution in [0, 0.1) is 0 Å². The smallest absolute Gasteiger partial charge is 0.122 e. The lowest BCUT2D eigenvalue weighted by molar-refractivity contribution is 0.104. The second-order valence-electron chi connectivity index (χ2n) is 5.42. The molecule has 1 atom stereocenters. The van der Waals surface area contributed by atoms with E-state index < -0.39 is 0 Å². The number of hydrogen-bond donors (Lipinski definition) is 0. The van der Waals surface area contributed by atoms with Gasteiger partial charge in [-0.15, -0.1) is 21.5 Å². The van der Waals surface area contributed by atoms with Gasteiger partial charge in [0.25, 0.3) is 0 Å². The molecule has 1 aromatic rings. The fraction of sp³-hybridized carbons (Fsp3) is 0.833. The summed E-state index contributed by atoms with van der Waals surface area (Å²) >= 11 is 1.75. The monoisotopic (exact) mass is 240 g/mol. The van der Waals surface area contributed by atoms with Crippen LogP contribution in [0.2, 0.25) is 0 Å². The van der Waals surface area contributed by atoms with Gasteiger partial charge >= 0.3 is 0 Å². The molecule has 90 valence electrons. The van der Waals surface area contributed by atoms with Crippen molar-refractivity contribution in [3.05, 3.63) is 10.0 Å². The van der Waals surface area contributed by atoms with E-state index in [1.165, 1.54) is 12.8 Å². The van der Waals surface area contributed by atoms with Crippen LogP contribution in [0.1, 0.15) is 50.0 Å². The Hall–Kier alpha value is -0.480. The number of hydrogen-bond acceptors (Lipinski definition) is 4. The highest BCUT2D eigenvalue weighted by molar-refractivity contribution is 7.11. The van der Waals surface area contributed by atoms with Crippen molar-refractivity contribution in [2.24, 2.45) is 0 Å². The van der Waals surface area contributed by atoms with Crippen molar-refractivity contribution in [3.8, 4) is 0 Å². The molecule has 3 nitrogen and oxygen atoms in total. The van der Waals surface area contributed by atoms with Gasteiger partial charge in [0.2, 0.25) is 0 Å². The Morgan fingerprint density at radius 2 is 2.19 bits per heavy atom. The Bertz CT molecular complexity index is 337. The molecule has 0 radical (unpaired) electrons. The molecular weight excluding hydrogens is 220 g/mol. The number of rotatable bonds is 3. The SMILES string of the molecule is CC(C)(C)c1nnc(CCC2CCCO2)s1. The molecule has 1 saturated heterocycles. The Morgan fingerprint density at radius 1 is 1.38 bits per heavy atom. The molecule has 2 rings (SSSR count). The fourth-order valence-electron chi connectivity index (χ4n) is 1.81. The summed E-state index contributed by atoms with van der Waals surface area (Å²) in [4.78, 5) is 0. The van der Waals surface area contributed by atoms with Gasteiger partial charge in [-0.2, -0.15) is 0 Å². The summed E-state index contributed by atoms with van der Waals surface area (Å²) in [6, 6.07) is 0. The first kappa shape index (κ1) is 12.0. The van der Waals surface area contributed by atoms with Crippen LogP contribution in [-0.2, 0) is 16.6 Å². The van der Waals surface area contributed by atoms with Crippen molar-refractivity contribution in [1.29, 1.82) is 0 Å². The third kappa shape index (κ3) is 3.01. The van der Waals surface area contributed by atoms with E-state index >= 15 is 0 Å². The second-order valence-corrected chi connectivity index (χ2v) is 6.49. The van der Waals surface area contributed by atoms with E-state index in [4.69, 9.17) is 4.74 Å². The first-order chi connectivity index (χ1) is 7.55. The van der Waals surface area contributed by atoms with Crippen LogP contribution >= 0.6 is 11.3 Å². The van der Waals surface area contributed by atoms with Gasteiger partial charge in [-0.05, 0) is 19.3 Å². The minimum absolute atomic E-state index is 0.125. The molecule has 0 bridgehead atoms. The zero-order chi connectivity index (χ0) is 11.6. The molecule has 1 aliphatic rings. The van der Waals surface area contributed by atoms with E-state index in [1.54, 1.807) is 11.3 Å². The average Bonchev–Trinajstić information content (AvgIpc) is 2.85. The second kappa shape index (κ2) is 4.80. The largest absolute Gasteiger partial charge is 0.378 e. The highest BCUT2D eigenvalue weighted by Gasteiger charge is 2.20. The van der Waals surface area contributed by atoms with E-state index in [0.717, 1.165) is 29.5 Å². The number of aromatic nitrogens is 2. The molecule has 0 saturated carbocycles. The van der Waals surface area contributed by atoms with Crippen LogP contribution in [0.5, 0.6) is 0 Å². The maximum absolute atomic E-state index is 5.61. The first-order valence-electron chi connectivity index (χ1n) is 6.00. The molecule has 2 heterocycles. The number of ether oxygens (including phenoxy) is 1. The van der Waals surface area contributed by atoms with Crippen LogP contribution in [0.25, 0.3) is 0 Å². The van der Waals surface area contributed by atoms with Crippen LogP contribution in [-0.4, -0.2) is 22.9 Å². The molecule has 0 amide bonds. The summed E-state index contributed by atoms with van der Waals surface area (Å²) < 4.78 is 5.61. The molecule has 1 aliphatic heterocycles. The molecule has 0 aromatic carbocycles. The van der Waals surface area contributed by atoms with Crippen molar-refractivity contribution in [2.75, 3.05) is 6.61 Å². The summed E-state index contributed by atoms with van der Waals surface area (Å²) in [5.41, 5.74) is 0.125. The predicted molar refractivity (Wildman–Crippen MR) is 65.9 cm³/mol. The van der Waals surface area contributed by atoms with Crippen molar-refractivity contribution < 1.29 is 4.74 Å². The molecule has 1 unspecified atom stereocenters. The average molecular weight is 240 g/mol. The van der Waals surface area contributed by atoms with Gasteiger partial charge in [-0.25, -0.2) is 0 Å². The highest BCUT2D eigenvalue weighted by Crippen LogP contribution is 2.26. The normalized spacial score (nSPS) is 21.6. The van der Waals surface area contributed by atoms with Crippen molar-refractivity contribution in [2.45, 2.75) is 58.0 Å². The Balaban J connectivity index is 1.87. The number of nitrogens with zero attached hydrogens (tertiary/aromatic N) is 2. The zero-order valence-corrected chi connectivity index (χ0v) is 11.1. The Morgan fingerprint density at radius 3 is 2.75 bits per heavy atom. The predicted octanol–water partition coefficient (Wildman–Crippen LogP) is 2.95. The Labute approximate surface area is 101 Å². The molecule has 4 heteroatoms. The maximum atomic E-state index is 5.61. The van der Waals surface area contributed by atoms with E-state index in [-0.39, 0.29) is 5.41 Å². The fourth-order valence-corrected chi connectivity index (χ4v) is 2.73. The summed E-state index contributed by atoms with van der Waals surface area (Å²) in [6.45, 7) is 7.47. The summed E-state index contributed by atoms with van der Waals surface area (Å²) in [5.74, 6) is 0. The highest BCUT2D eigenvalue weighted by atomic mass is 32.1. The lowest BCUT2D eigenvalue weighted by atomic mass is 9.98. The molecule has 0 N–H and O–H groups in total. The van der Waals surface area contributed by atoms with E-state index in [9.17, 15) is 0 Å². The Kier molecular flexibility index (Phi) is 3.60. The van der Waals surface area contributed by atoms with Gasteiger partial charge < -0.3 is 4.74 Å². The molecule has 0 aliphatic carbocycles. The van der Waals surface area contributed by atoms with Crippen LogP contribution < -0.4 is 0 Å². The van der Waals surface area contributed by atoms with Crippen LogP contribution in [0.15, 0.2) is 0 Å². The van der Waals surface area contributed by atoms with Gasteiger partial charge in [-0.3, -0.25) is 0 Å². The first-order valence-corrected chi connectivity index (χ1v) is 6.82. The van der Waals surface area contributed by atoms with Gasteiger partial charge in [0.05, 0.1) is 6.10 Å². The minimum Gasteiger partial charge on any atom is -0.378 e. The van der Waals surface area contributed by atoms with E-state index in [0.29, 0.717) is 6.10 Å². The van der Waals surface area contributed by atoms with Gasteiger partial charge in [0.15, 0.2) is 0 Å². The third-order valence-corrected chi connectivity index (χ3v) is 4.22. The van der Waals surface area contributed by atoms with Crippen LogP contribution in [0.3, 0.4) is 0 Å². The maximum Gasteiger partial charge on any atom is 0.122 e. The van der Waals surface area contributed by atoms with E-state index in [1.807, 2.05) is 0 Å². The number of aryl methyl sites for hydroxylation is 1. The van der Waals surface area contributed by atoms with Gasteiger partial charge in [0.1, 0.15) is 10.0 Å².